The molecule has 1 aromatic heterocycles. The highest BCUT2D eigenvalue weighted by atomic mass is 16.6. The van der Waals surface area contributed by atoms with Gasteiger partial charge >= 0.3 is 12.2 Å². The normalized spacial score (nSPS) is 14.8. The Morgan fingerprint density at radius 1 is 1.22 bits per heavy atom. The van der Waals surface area contributed by atoms with Crippen LogP contribution in [0.5, 0.6) is 0 Å². The van der Waals surface area contributed by atoms with Gasteiger partial charge in [-0.1, -0.05) is 25.5 Å². The van der Waals surface area contributed by atoms with Gasteiger partial charge in [-0.2, -0.15) is 0 Å². The van der Waals surface area contributed by atoms with Gasteiger partial charge in [-0.15, -0.1) is 0 Å². The first-order chi connectivity index (χ1) is 15.4. The van der Waals surface area contributed by atoms with Gasteiger partial charge in [0.05, 0.1) is 43.3 Å². The van der Waals surface area contributed by atoms with Crippen LogP contribution in [0.1, 0.15) is 43.4 Å². The largest absolute Gasteiger partial charge is 0.464 e. The second kappa shape index (κ2) is 10.4. The van der Waals surface area contributed by atoms with Crippen molar-refractivity contribution in [3.05, 3.63) is 47.7 Å². The quantitative estimate of drug-likeness (QED) is 0.476. The van der Waals surface area contributed by atoms with E-state index in [1.54, 1.807) is 12.1 Å². The third-order valence-corrected chi connectivity index (χ3v) is 5.16. The van der Waals surface area contributed by atoms with Gasteiger partial charge < -0.3 is 25.2 Å². The Kier molecular flexibility index (Phi) is 7.62. The summed E-state index contributed by atoms with van der Waals surface area (Å²) in [5, 5.41) is 39.2. The number of amides is 2. The minimum Gasteiger partial charge on any atom is -0.464 e. The topological polar surface area (TPSA) is 144 Å². The lowest BCUT2D eigenvalue weighted by Gasteiger charge is -2.25. The van der Waals surface area contributed by atoms with Crippen LogP contribution in [-0.2, 0) is 11.3 Å². The molecule has 0 radical (unpaired) electrons. The van der Waals surface area contributed by atoms with Crippen LogP contribution in [-0.4, -0.2) is 56.9 Å². The Morgan fingerprint density at radius 3 is 2.69 bits per heavy atom. The van der Waals surface area contributed by atoms with Crippen molar-refractivity contribution in [1.82, 2.24) is 4.98 Å². The molecule has 0 saturated carbocycles. The molecule has 0 aliphatic carbocycles. The Balaban J connectivity index is 2.10. The number of aliphatic hydroxyl groups is 3. The molecule has 0 bridgehead atoms. The summed E-state index contributed by atoms with van der Waals surface area (Å²) in [4.78, 5) is 31.6. The molecule has 1 aliphatic rings. The number of benzene rings is 1. The third-order valence-electron chi connectivity index (χ3n) is 5.16. The average molecular weight is 445 g/mol. The highest BCUT2D eigenvalue weighted by Gasteiger charge is 2.33. The van der Waals surface area contributed by atoms with Crippen molar-refractivity contribution in [2.75, 3.05) is 23.0 Å². The summed E-state index contributed by atoms with van der Waals surface area (Å²) < 4.78 is 5.39. The van der Waals surface area contributed by atoms with Gasteiger partial charge in [-0.05, 0) is 30.2 Å². The smallest absolute Gasteiger partial charge is 0.417 e. The van der Waals surface area contributed by atoms with Gasteiger partial charge in [0, 0.05) is 18.2 Å². The van der Waals surface area contributed by atoms with Crippen LogP contribution in [0, 0.1) is 0 Å². The summed E-state index contributed by atoms with van der Waals surface area (Å²) in [6.45, 7) is 1.69. The lowest BCUT2D eigenvalue weighted by Crippen LogP contribution is -2.31. The molecule has 3 rings (SSSR count). The van der Waals surface area contributed by atoms with E-state index in [4.69, 9.17) is 9.84 Å². The highest BCUT2D eigenvalue weighted by molar-refractivity contribution is 6.03. The number of carboxylic acid groups (broad SMARTS) is 1. The summed E-state index contributed by atoms with van der Waals surface area (Å²) in [7, 11) is 0. The summed E-state index contributed by atoms with van der Waals surface area (Å²) in [5.74, 6) is 0.175. The van der Waals surface area contributed by atoms with E-state index in [2.05, 4.69) is 4.98 Å². The van der Waals surface area contributed by atoms with Gasteiger partial charge in [0.25, 0.3) is 0 Å². The molecule has 2 unspecified atom stereocenters. The van der Waals surface area contributed by atoms with Crippen LogP contribution in [0.25, 0.3) is 0 Å². The lowest BCUT2D eigenvalue weighted by molar-refractivity contribution is 0.0413. The zero-order valence-corrected chi connectivity index (χ0v) is 17.7. The first-order valence-electron chi connectivity index (χ1n) is 10.4. The average Bonchev–Trinajstić information content (AvgIpc) is 2.93. The number of rotatable bonds is 7. The number of aromatic nitrogens is 1. The fraction of sp³-hybridized carbons (Fsp3) is 0.409. The first kappa shape index (κ1) is 23.5. The molecule has 172 valence electrons. The molecule has 1 aromatic carbocycles. The van der Waals surface area contributed by atoms with E-state index < -0.39 is 31.0 Å². The summed E-state index contributed by atoms with van der Waals surface area (Å²) in [6.07, 6.45) is -1.32. The number of ether oxygens (including phenoxy) is 1. The molecular formula is C22H27N3O7. The zero-order chi connectivity index (χ0) is 23.3. The molecule has 4 N–H and O–H groups in total. The van der Waals surface area contributed by atoms with Crippen LogP contribution in [0.15, 0.2) is 36.5 Å². The Bertz CT molecular complexity index is 968. The van der Waals surface area contributed by atoms with Gasteiger partial charge in [0.2, 0.25) is 0 Å². The minimum absolute atomic E-state index is 0.0176. The molecule has 2 aromatic rings. The number of anilines is 3. The maximum absolute atomic E-state index is 13.0. The van der Waals surface area contributed by atoms with Gasteiger partial charge in [0.1, 0.15) is 5.82 Å². The van der Waals surface area contributed by atoms with Crippen molar-refractivity contribution in [1.29, 1.82) is 0 Å². The van der Waals surface area contributed by atoms with Crippen molar-refractivity contribution < 1.29 is 34.8 Å². The molecule has 0 spiro atoms. The predicted octanol–water partition coefficient (Wildman–Crippen LogP) is 2.93. The van der Waals surface area contributed by atoms with E-state index in [0.717, 1.165) is 11.3 Å². The molecule has 32 heavy (non-hydrogen) atoms. The molecule has 2 heterocycles. The number of pyridine rings is 1. The van der Waals surface area contributed by atoms with Crippen LogP contribution < -0.4 is 9.80 Å². The first-order valence-corrected chi connectivity index (χ1v) is 10.4. The summed E-state index contributed by atoms with van der Waals surface area (Å²) >= 11 is 0. The van der Waals surface area contributed by atoms with Crippen LogP contribution in [0.2, 0.25) is 0 Å². The standard InChI is InChI=1S/C22H27N3O7/c1-2-3-9-32-22(31)24-12-15-5-4-8-23-20(15)25(21(29)30)17-7-6-14(10-18(17)24)19(28)11-16(27)13-26/h4-8,10,16,19,26-28H,2-3,9,11-13H2,1H3,(H,29,30). The number of nitrogens with zero attached hydrogens (tertiary/aromatic N) is 3. The lowest BCUT2D eigenvalue weighted by atomic mass is 10.0. The molecular weight excluding hydrogens is 418 g/mol. The van der Waals surface area contributed by atoms with E-state index in [9.17, 15) is 24.9 Å². The molecule has 10 nitrogen and oxygen atoms in total. The van der Waals surface area contributed by atoms with E-state index in [-0.39, 0.29) is 36.8 Å². The van der Waals surface area contributed by atoms with Gasteiger partial charge in [0.15, 0.2) is 0 Å². The van der Waals surface area contributed by atoms with Gasteiger partial charge in [-0.25, -0.2) is 19.5 Å². The third kappa shape index (κ3) is 4.98. The van der Waals surface area contributed by atoms with Gasteiger partial charge in [-0.3, -0.25) is 4.90 Å². The Labute approximate surface area is 185 Å². The number of carbonyl (C=O) groups excluding carboxylic acids is 1. The molecule has 10 heteroatoms. The summed E-state index contributed by atoms with van der Waals surface area (Å²) in [5.41, 5.74) is 1.27. The van der Waals surface area contributed by atoms with Crippen molar-refractivity contribution in [3.63, 3.8) is 0 Å². The van der Waals surface area contributed by atoms with Crippen LogP contribution >= 0.6 is 0 Å². The molecule has 2 atom stereocenters. The van der Waals surface area contributed by atoms with E-state index in [0.29, 0.717) is 17.5 Å². The summed E-state index contributed by atoms with van der Waals surface area (Å²) in [6, 6.07) is 7.82. The molecule has 1 aliphatic heterocycles. The fourth-order valence-corrected chi connectivity index (χ4v) is 3.48. The van der Waals surface area contributed by atoms with E-state index in [1.165, 1.54) is 29.3 Å². The SMILES string of the molecule is CCCCOC(=O)N1Cc2cccnc2N(C(=O)O)c2ccc(C(O)CC(O)CO)cc21. The zero-order valence-electron chi connectivity index (χ0n) is 17.7. The van der Waals surface area contributed by atoms with Crippen LogP contribution in [0.4, 0.5) is 26.8 Å². The monoisotopic (exact) mass is 445 g/mol. The van der Waals surface area contributed by atoms with Crippen molar-refractivity contribution in [2.24, 2.45) is 0 Å². The van der Waals surface area contributed by atoms with E-state index >= 15 is 0 Å². The fourth-order valence-electron chi connectivity index (χ4n) is 3.48. The maximum Gasteiger partial charge on any atom is 0.417 e. The number of aliphatic hydroxyl groups excluding tert-OH is 3. The van der Waals surface area contributed by atoms with E-state index in [1.807, 2.05) is 6.92 Å². The number of unbranched alkanes of at least 4 members (excludes halogenated alkanes) is 1. The van der Waals surface area contributed by atoms with Crippen molar-refractivity contribution in [2.45, 2.75) is 44.9 Å². The Hall–Kier alpha value is -3.21. The van der Waals surface area contributed by atoms with Crippen molar-refractivity contribution in [3.8, 4) is 0 Å². The number of carbonyl (C=O) groups is 2. The number of hydrogen-bond acceptors (Lipinski definition) is 7. The van der Waals surface area contributed by atoms with Crippen LogP contribution in [0.3, 0.4) is 0 Å². The number of fused-ring (bicyclic) bond motifs is 2. The second-order valence-electron chi connectivity index (χ2n) is 7.49. The minimum atomic E-state index is -1.28. The highest BCUT2D eigenvalue weighted by Crippen LogP contribution is 2.41. The molecule has 0 fully saturated rings. The number of hydrogen-bond donors (Lipinski definition) is 4. The predicted molar refractivity (Wildman–Crippen MR) is 116 cm³/mol. The Morgan fingerprint density at radius 2 is 2.00 bits per heavy atom. The second-order valence-corrected chi connectivity index (χ2v) is 7.49. The van der Waals surface area contributed by atoms with Crippen molar-refractivity contribution >= 4 is 29.4 Å². The maximum atomic E-state index is 13.0. The molecule has 2 amide bonds. The molecule has 0 saturated heterocycles.